The van der Waals surface area contributed by atoms with Gasteiger partial charge in [0.1, 0.15) is 10.9 Å². The molecule has 7 heteroatoms. The Morgan fingerprint density at radius 3 is 2.79 bits per heavy atom. The molecule has 3 rings (SSSR count). The molecule has 0 aliphatic carbocycles. The van der Waals surface area contributed by atoms with Gasteiger partial charge in [0.2, 0.25) is 5.16 Å². The van der Waals surface area contributed by atoms with Crippen LogP contribution in [0, 0.1) is 0 Å². The van der Waals surface area contributed by atoms with Crippen molar-refractivity contribution in [2.24, 2.45) is 4.99 Å². The van der Waals surface area contributed by atoms with E-state index in [0.717, 1.165) is 17.4 Å². The molecule has 1 atom stereocenters. The van der Waals surface area contributed by atoms with E-state index < -0.39 is 10.9 Å². The Hall–Kier alpha value is -0.820. The summed E-state index contributed by atoms with van der Waals surface area (Å²) in [5.41, 5.74) is 0.735. The van der Waals surface area contributed by atoms with Crippen LogP contribution >= 0.6 is 34.3 Å². The van der Waals surface area contributed by atoms with Gasteiger partial charge >= 0.3 is 4.80 Å². The fraction of sp³-hybridized carbons (Fsp3) is 0.333. The molecule has 2 aromatic rings. The Kier molecular flexibility index (Phi) is 3.21. The summed E-state index contributed by atoms with van der Waals surface area (Å²) in [6.45, 7) is 5.05. The van der Waals surface area contributed by atoms with Gasteiger partial charge in [-0.25, -0.2) is 0 Å². The molecule has 0 N–H and O–H groups in total. The molecule has 1 aromatic carbocycles. The van der Waals surface area contributed by atoms with E-state index in [4.69, 9.17) is 11.6 Å². The highest BCUT2D eigenvalue weighted by Gasteiger charge is 2.35. The molecular weight excluding hydrogens is 302 g/mol. The minimum absolute atomic E-state index is 0.0736. The number of halogens is 1. The number of fused-ring (bicyclic) bond motifs is 1. The maximum atomic E-state index is 12.0. The SMILES string of the molecule is CC1(C)Cn2c(n[s+]([O-])c2=Nc2ccc(Cl)cc2)S1. The van der Waals surface area contributed by atoms with Crippen LogP contribution in [0.2, 0.25) is 5.02 Å². The highest BCUT2D eigenvalue weighted by atomic mass is 35.5. The minimum atomic E-state index is -1.40. The van der Waals surface area contributed by atoms with E-state index in [9.17, 15) is 4.55 Å². The second-order valence-electron chi connectivity index (χ2n) is 4.94. The van der Waals surface area contributed by atoms with Crippen molar-refractivity contribution in [1.82, 2.24) is 8.94 Å². The van der Waals surface area contributed by atoms with Gasteiger partial charge < -0.3 is 4.55 Å². The van der Waals surface area contributed by atoms with Crippen LogP contribution in [-0.2, 0) is 6.54 Å². The van der Waals surface area contributed by atoms with Gasteiger partial charge in [0.05, 0.1) is 5.69 Å². The lowest BCUT2D eigenvalue weighted by atomic mass is 10.2. The molecule has 0 bridgehead atoms. The summed E-state index contributed by atoms with van der Waals surface area (Å²) in [6.07, 6.45) is 0. The predicted molar refractivity (Wildman–Crippen MR) is 77.5 cm³/mol. The van der Waals surface area contributed by atoms with Crippen LogP contribution < -0.4 is 4.80 Å². The topological polar surface area (TPSA) is 53.2 Å². The third-order valence-corrected chi connectivity index (χ3v) is 5.24. The quantitative estimate of drug-likeness (QED) is 0.758. The summed E-state index contributed by atoms with van der Waals surface area (Å²) in [5.74, 6) is 0. The average Bonchev–Trinajstić information content (AvgIpc) is 2.75. The van der Waals surface area contributed by atoms with Gasteiger partial charge in [-0.1, -0.05) is 23.4 Å². The van der Waals surface area contributed by atoms with E-state index in [1.54, 1.807) is 36.0 Å². The Morgan fingerprint density at radius 1 is 1.42 bits per heavy atom. The Balaban J connectivity index is 2.09. The van der Waals surface area contributed by atoms with Crippen molar-refractivity contribution in [3.05, 3.63) is 34.1 Å². The number of aromatic nitrogens is 2. The van der Waals surface area contributed by atoms with Crippen molar-refractivity contribution in [3.63, 3.8) is 0 Å². The van der Waals surface area contributed by atoms with Crippen molar-refractivity contribution in [3.8, 4) is 0 Å². The summed E-state index contributed by atoms with van der Waals surface area (Å²) in [7, 11) is -1.40. The minimum Gasteiger partial charge on any atom is -0.566 e. The molecule has 0 saturated carbocycles. The van der Waals surface area contributed by atoms with Gasteiger partial charge in [-0.15, -0.1) is 0 Å². The molecule has 1 aliphatic rings. The molecular formula is C12H12ClN3OS2. The molecule has 19 heavy (non-hydrogen) atoms. The Bertz CT molecular complexity index is 688. The van der Waals surface area contributed by atoms with Crippen LogP contribution in [0.1, 0.15) is 13.8 Å². The summed E-state index contributed by atoms with van der Waals surface area (Å²) in [6, 6.07) is 7.14. The maximum absolute atomic E-state index is 12.0. The molecule has 1 aromatic heterocycles. The first-order valence-corrected chi connectivity index (χ1v) is 8.06. The summed E-state index contributed by atoms with van der Waals surface area (Å²) in [5, 5.41) is 1.46. The van der Waals surface area contributed by atoms with E-state index >= 15 is 0 Å². The van der Waals surface area contributed by atoms with Gasteiger partial charge in [0.15, 0.2) is 0 Å². The molecule has 0 fully saturated rings. The number of benzene rings is 1. The van der Waals surface area contributed by atoms with Gasteiger partial charge in [-0.2, -0.15) is 4.99 Å². The monoisotopic (exact) mass is 313 g/mol. The van der Waals surface area contributed by atoms with E-state index in [2.05, 4.69) is 23.2 Å². The molecule has 1 aliphatic heterocycles. The Labute approximate surface area is 123 Å². The lowest BCUT2D eigenvalue weighted by Crippen LogP contribution is -2.22. The number of rotatable bonds is 1. The molecule has 0 spiro atoms. The molecule has 4 nitrogen and oxygen atoms in total. The highest BCUT2D eigenvalue weighted by molar-refractivity contribution is 8.00. The first-order chi connectivity index (χ1) is 8.94. The van der Waals surface area contributed by atoms with Crippen molar-refractivity contribution < 1.29 is 4.55 Å². The van der Waals surface area contributed by atoms with Crippen molar-refractivity contribution in [1.29, 1.82) is 0 Å². The first kappa shape index (κ1) is 13.2. The predicted octanol–water partition coefficient (Wildman–Crippen LogP) is 3.38. The fourth-order valence-electron chi connectivity index (χ4n) is 1.93. The van der Waals surface area contributed by atoms with E-state index in [0.29, 0.717) is 9.82 Å². The fourth-order valence-corrected chi connectivity index (χ4v) is 4.26. The zero-order valence-electron chi connectivity index (χ0n) is 10.5. The molecule has 2 heterocycles. The zero-order chi connectivity index (χ0) is 13.6. The van der Waals surface area contributed by atoms with Crippen LogP contribution in [-0.4, -0.2) is 18.2 Å². The molecule has 0 radical (unpaired) electrons. The Morgan fingerprint density at radius 2 is 2.11 bits per heavy atom. The van der Waals surface area contributed by atoms with Gasteiger partial charge in [0.25, 0.3) is 0 Å². The van der Waals surface area contributed by atoms with Gasteiger partial charge in [-0.3, -0.25) is 4.57 Å². The standard InChI is InChI=1S/C12H12ClN3OS2/c1-12(2)7-16-10(18-12)15-19(17)11(16)14-9-5-3-8(13)4-6-9/h3-6H,7H2,1-2H3. The number of nitrogens with zero attached hydrogens (tertiary/aromatic N) is 3. The van der Waals surface area contributed by atoms with Crippen LogP contribution in [0.4, 0.5) is 5.69 Å². The number of hydrogen-bond donors (Lipinski definition) is 0. The molecule has 1 unspecified atom stereocenters. The number of thioether (sulfide) groups is 1. The molecule has 100 valence electrons. The third kappa shape index (κ3) is 2.58. The maximum Gasteiger partial charge on any atom is 0.372 e. The zero-order valence-corrected chi connectivity index (χ0v) is 12.8. The highest BCUT2D eigenvalue weighted by Crippen LogP contribution is 2.39. The van der Waals surface area contributed by atoms with Crippen molar-refractivity contribution >= 4 is 40.0 Å². The van der Waals surface area contributed by atoms with E-state index in [-0.39, 0.29) is 4.75 Å². The molecule has 0 amide bonds. The summed E-state index contributed by atoms with van der Waals surface area (Å²) >= 11 is 7.48. The van der Waals surface area contributed by atoms with E-state index in [1.807, 2.05) is 4.57 Å². The van der Waals surface area contributed by atoms with Crippen molar-refractivity contribution in [2.75, 3.05) is 0 Å². The lowest BCUT2D eigenvalue weighted by molar-refractivity contribution is 0.551. The van der Waals surface area contributed by atoms with E-state index in [1.165, 1.54) is 0 Å². The smallest absolute Gasteiger partial charge is 0.372 e. The second kappa shape index (κ2) is 4.63. The normalized spacial score (nSPS) is 18.7. The second-order valence-corrected chi connectivity index (χ2v) is 8.10. The lowest BCUT2D eigenvalue weighted by Gasteiger charge is -2.12. The van der Waals surface area contributed by atoms with Gasteiger partial charge in [0, 0.05) is 16.3 Å². The van der Waals surface area contributed by atoms with Crippen LogP contribution in [0.3, 0.4) is 0 Å². The van der Waals surface area contributed by atoms with Crippen LogP contribution in [0.25, 0.3) is 0 Å². The van der Waals surface area contributed by atoms with Gasteiger partial charge in [-0.05, 0) is 42.5 Å². The van der Waals surface area contributed by atoms with Crippen LogP contribution in [0.15, 0.2) is 34.4 Å². The molecule has 0 saturated heterocycles. The van der Waals surface area contributed by atoms with Crippen LogP contribution in [0.5, 0.6) is 0 Å². The average molecular weight is 314 g/mol. The summed E-state index contributed by atoms with van der Waals surface area (Å²) in [4.78, 5) is 4.95. The number of hydrogen-bond acceptors (Lipinski definition) is 4. The van der Waals surface area contributed by atoms with Crippen molar-refractivity contribution in [2.45, 2.75) is 30.3 Å². The largest absolute Gasteiger partial charge is 0.566 e. The first-order valence-electron chi connectivity index (χ1n) is 5.76. The third-order valence-electron chi connectivity index (χ3n) is 2.74. The summed E-state index contributed by atoms with van der Waals surface area (Å²) < 4.78 is 18.2.